The second kappa shape index (κ2) is 3.28. The Balaban J connectivity index is 2.33. The smallest absolute Gasteiger partial charge is 0.0445 e. The fourth-order valence-corrected chi connectivity index (χ4v) is 1.61. The number of hydrogen-bond acceptors (Lipinski definition) is 3. The number of rotatable bonds is 1. The topological polar surface area (TPSA) is 40.1 Å². The van der Waals surface area contributed by atoms with Crippen LogP contribution in [-0.2, 0) is 4.79 Å². The van der Waals surface area contributed by atoms with Gasteiger partial charge in [0.2, 0.25) is 0 Å². The lowest BCUT2D eigenvalue weighted by Crippen LogP contribution is -2.34. The van der Waals surface area contributed by atoms with E-state index in [4.69, 9.17) is 0 Å². The zero-order valence-electron chi connectivity index (χ0n) is 5.75. The number of carbonyl (C=O) groups excluding carboxylic acids is 1. The molecule has 0 heterocycles. The van der Waals surface area contributed by atoms with E-state index in [1.54, 1.807) is 0 Å². The summed E-state index contributed by atoms with van der Waals surface area (Å²) in [5.74, 6) is -1.09. The maximum absolute atomic E-state index is 10.3. The van der Waals surface area contributed by atoms with Crippen LogP contribution in [0.5, 0.6) is 0 Å². The Morgan fingerprint density at radius 3 is 2.20 bits per heavy atom. The van der Waals surface area contributed by atoms with E-state index in [0.29, 0.717) is 5.25 Å². The molecule has 10 heavy (non-hydrogen) atoms. The summed E-state index contributed by atoms with van der Waals surface area (Å²) in [5, 5.41) is 10.7. The van der Waals surface area contributed by atoms with Crippen molar-refractivity contribution in [1.82, 2.24) is 0 Å². The van der Waals surface area contributed by atoms with Gasteiger partial charge in [0.05, 0.1) is 0 Å². The Labute approximate surface area is 66.0 Å². The molecule has 0 aromatic rings. The third-order valence-corrected chi connectivity index (χ3v) is 2.55. The minimum absolute atomic E-state index is 0.205. The molecule has 0 aromatic carbocycles. The minimum Gasteiger partial charge on any atom is -0.550 e. The van der Waals surface area contributed by atoms with Crippen molar-refractivity contribution >= 4 is 18.6 Å². The van der Waals surface area contributed by atoms with Gasteiger partial charge in [-0.05, 0) is 31.6 Å². The van der Waals surface area contributed by atoms with E-state index >= 15 is 0 Å². The standard InChI is InChI=1S/C7H12O2S/c8-7(9)5-1-3-6(10)4-2-5/h5-6,10H,1-4H2,(H,8,9)/p-1. The first-order valence-corrected chi connectivity index (χ1v) is 4.10. The summed E-state index contributed by atoms with van der Waals surface area (Å²) >= 11 is 4.26. The van der Waals surface area contributed by atoms with Crippen LogP contribution in [0, 0.1) is 5.92 Å². The van der Waals surface area contributed by atoms with Crippen molar-refractivity contribution in [3.63, 3.8) is 0 Å². The molecular formula is C7H11O2S-. The molecule has 1 aliphatic rings. The van der Waals surface area contributed by atoms with Gasteiger partial charge in [-0.1, -0.05) is 0 Å². The van der Waals surface area contributed by atoms with Crippen molar-refractivity contribution in [1.29, 1.82) is 0 Å². The second-order valence-corrected chi connectivity index (χ2v) is 3.55. The SMILES string of the molecule is O=C([O-])C1CCC(S)CC1. The summed E-state index contributed by atoms with van der Waals surface area (Å²) in [6, 6.07) is 0. The average molecular weight is 159 g/mol. The van der Waals surface area contributed by atoms with E-state index < -0.39 is 5.97 Å². The first-order chi connectivity index (χ1) is 4.70. The third kappa shape index (κ3) is 1.90. The van der Waals surface area contributed by atoms with Crippen LogP contribution in [0.25, 0.3) is 0 Å². The van der Waals surface area contributed by atoms with Gasteiger partial charge in [-0.15, -0.1) is 0 Å². The van der Waals surface area contributed by atoms with Crippen LogP contribution in [0.1, 0.15) is 25.7 Å². The van der Waals surface area contributed by atoms with Gasteiger partial charge in [0.1, 0.15) is 0 Å². The van der Waals surface area contributed by atoms with Crippen molar-refractivity contribution in [2.45, 2.75) is 30.9 Å². The molecule has 0 amide bonds. The molecule has 3 heteroatoms. The summed E-state index contributed by atoms with van der Waals surface area (Å²) < 4.78 is 0. The molecule has 0 saturated heterocycles. The Hall–Kier alpha value is -0.180. The van der Waals surface area contributed by atoms with Crippen molar-refractivity contribution in [2.75, 3.05) is 0 Å². The normalized spacial score (nSPS) is 33.7. The number of hydrogen-bond donors (Lipinski definition) is 1. The first-order valence-electron chi connectivity index (χ1n) is 3.59. The predicted octanol–water partition coefficient (Wildman–Crippen LogP) is 0.225. The Morgan fingerprint density at radius 1 is 1.30 bits per heavy atom. The quantitative estimate of drug-likeness (QED) is 0.556. The zero-order valence-corrected chi connectivity index (χ0v) is 6.64. The molecule has 0 aromatic heterocycles. The molecule has 0 radical (unpaired) electrons. The monoisotopic (exact) mass is 159 g/mol. The fraction of sp³-hybridized carbons (Fsp3) is 0.857. The van der Waals surface area contributed by atoms with Crippen molar-refractivity contribution in [3.8, 4) is 0 Å². The fourth-order valence-electron chi connectivity index (χ4n) is 1.31. The van der Waals surface area contributed by atoms with Crippen LogP contribution in [0.4, 0.5) is 0 Å². The lowest BCUT2D eigenvalue weighted by Gasteiger charge is -2.25. The lowest BCUT2D eigenvalue weighted by molar-refractivity contribution is -0.312. The third-order valence-electron chi connectivity index (χ3n) is 2.03. The van der Waals surface area contributed by atoms with Crippen molar-refractivity contribution < 1.29 is 9.90 Å². The number of aliphatic carboxylic acids is 1. The van der Waals surface area contributed by atoms with Gasteiger partial charge in [-0.25, -0.2) is 0 Å². The molecule has 2 nitrogen and oxygen atoms in total. The van der Waals surface area contributed by atoms with Crippen LogP contribution in [-0.4, -0.2) is 11.2 Å². The number of thiol groups is 1. The van der Waals surface area contributed by atoms with Gasteiger partial charge in [-0.2, -0.15) is 12.6 Å². The van der Waals surface area contributed by atoms with Gasteiger partial charge in [-0.3, -0.25) is 0 Å². The van der Waals surface area contributed by atoms with Crippen molar-refractivity contribution in [2.24, 2.45) is 5.92 Å². The molecule has 0 aliphatic heterocycles. The predicted molar refractivity (Wildman–Crippen MR) is 39.7 cm³/mol. The largest absolute Gasteiger partial charge is 0.550 e. The molecule has 0 spiro atoms. The summed E-state index contributed by atoms with van der Waals surface area (Å²) in [4.78, 5) is 10.3. The molecule has 1 saturated carbocycles. The summed E-state index contributed by atoms with van der Waals surface area (Å²) in [6.07, 6.45) is 3.33. The van der Waals surface area contributed by atoms with Gasteiger partial charge < -0.3 is 9.90 Å². The number of carboxylic acid groups (broad SMARTS) is 1. The number of carbonyl (C=O) groups is 1. The van der Waals surface area contributed by atoms with E-state index in [0.717, 1.165) is 25.7 Å². The summed E-state index contributed by atoms with van der Waals surface area (Å²) in [6.45, 7) is 0. The lowest BCUT2D eigenvalue weighted by atomic mass is 9.89. The molecule has 0 atom stereocenters. The van der Waals surface area contributed by atoms with Crippen molar-refractivity contribution in [3.05, 3.63) is 0 Å². The van der Waals surface area contributed by atoms with Crippen LogP contribution in [0.2, 0.25) is 0 Å². The molecule has 58 valence electrons. The van der Waals surface area contributed by atoms with Crippen LogP contribution >= 0.6 is 12.6 Å². The van der Waals surface area contributed by atoms with E-state index in [9.17, 15) is 9.90 Å². The van der Waals surface area contributed by atoms with Gasteiger partial charge in [0.15, 0.2) is 0 Å². The zero-order chi connectivity index (χ0) is 7.56. The molecule has 1 rings (SSSR count). The Bertz CT molecular complexity index is 128. The second-order valence-electron chi connectivity index (χ2n) is 2.82. The van der Waals surface area contributed by atoms with E-state index in [2.05, 4.69) is 12.6 Å². The highest BCUT2D eigenvalue weighted by Crippen LogP contribution is 2.26. The Kier molecular flexibility index (Phi) is 2.60. The highest BCUT2D eigenvalue weighted by atomic mass is 32.1. The molecule has 0 N–H and O–H groups in total. The van der Waals surface area contributed by atoms with Gasteiger partial charge in [0.25, 0.3) is 0 Å². The molecule has 1 aliphatic carbocycles. The molecule has 1 fully saturated rings. The maximum Gasteiger partial charge on any atom is 0.0445 e. The minimum atomic E-state index is -0.889. The van der Waals surface area contributed by atoms with Crippen LogP contribution in [0.15, 0.2) is 0 Å². The molecular weight excluding hydrogens is 148 g/mol. The van der Waals surface area contributed by atoms with E-state index in [1.807, 2.05) is 0 Å². The maximum atomic E-state index is 10.3. The number of carboxylic acids is 1. The average Bonchev–Trinajstić information content (AvgIpc) is 1.88. The Morgan fingerprint density at radius 2 is 1.80 bits per heavy atom. The molecule has 0 unspecified atom stereocenters. The van der Waals surface area contributed by atoms with Gasteiger partial charge in [0, 0.05) is 11.2 Å². The highest BCUT2D eigenvalue weighted by Gasteiger charge is 2.18. The highest BCUT2D eigenvalue weighted by molar-refractivity contribution is 7.80. The summed E-state index contributed by atoms with van der Waals surface area (Å²) in [7, 11) is 0. The van der Waals surface area contributed by atoms with Crippen LogP contribution in [0.3, 0.4) is 0 Å². The van der Waals surface area contributed by atoms with Crippen LogP contribution < -0.4 is 5.11 Å². The van der Waals surface area contributed by atoms with E-state index in [1.165, 1.54) is 0 Å². The molecule has 0 bridgehead atoms. The van der Waals surface area contributed by atoms with E-state index in [-0.39, 0.29) is 5.92 Å². The first kappa shape index (κ1) is 7.92. The van der Waals surface area contributed by atoms with Gasteiger partial charge >= 0.3 is 0 Å². The summed E-state index contributed by atoms with van der Waals surface area (Å²) in [5.41, 5.74) is 0.